The van der Waals surface area contributed by atoms with Crippen LogP contribution < -0.4 is 5.32 Å². The number of aryl methyl sites for hydroxylation is 2. The Morgan fingerprint density at radius 2 is 2.38 bits per heavy atom. The Morgan fingerprint density at radius 1 is 1.50 bits per heavy atom. The molecule has 86 valence electrons. The van der Waals surface area contributed by atoms with E-state index in [4.69, 9.17) is 4.52 Å². The minimum atomic E-state index is 0.660. The van der Waals surface area contributed by atoms with Gasteiger partial charge >= 0.3 is 0 Å². The van der Waals surface area contributed by atoms with Gasteiger partial charge in [0.05, 0.1) is 11.9 Å². The van der Waals surface area contributed by atoms with Crippen molar-refractivity contribution < 1.29 is 4.52 Å². The number of hydrogen-bond acceptors (Lipinski definition) is 6. The maximum atomic E-state index is 4.99. The molecular formula is C9H14N6O. The average Bonchev–Trinajstić information content (AvgIpc) is 2.83. The molecule has 2 heterocycles. The molecule has 1 N–H and O–H groups in total. The van der Waals surface area contributed by atoms with Crippen molar-refractivity contribution in [1.82, 2.24) is 30.5 Å². The van der Waals surface area contributed by atoms with Crippen molar-refractivity contribution in [1.29, 1.82) is 0 Å². The number of nitrogens with one attached hydrogen (secondary N) is 1. The maximum absolute atomic E-state index is 4.99. The smallest absolute Gasteiger partial charge is 0.227 e. The summed E-state index contributed by atoms with van der Waals surface area (Å²) in [5.74, 6) is 1.33. The summed E-state index contributed by atoms with van der Waals surface area (Å²) >= 11 is 0. The van der Waals surface area contributed by atoms with Crippen LogP contribution in [0.3, 0.4) is 0 Å². The first-order valence-electron chi connectivity index (χ1n) is 5.09. The molecule has 2 aromatic heterocycles. The fraction of sp³-hybridized carbons (Fsp3) is 0.556. The van der Waals surface area contributed by atoms with E-state index < -0.39 is 0 Å². The second-order valence-corrected chi connectivity index (χ2v) is 3.51. The van der Waals surface area contributed by atoms with Gasteiger partial charge in [0.1, 0.15) is 0 Å². The Morgan fingerprint density at radius 3 is 3.00 bits per heavy atom. The number of rotatable bonds is 5. The lowest BCUT2D eigenvalue weighted by atomic mass is 10.4. The van der Waals surface area contributed by atoms with Crippen molar-refractivity contribution in [2.45, 2.75) is 19.9 Å². The molecule has 0 bridgehead atoms. The van der Waals surface area contributed by atoms with E-state index in [0.29, 0.717) is 11.7 Å². The van der Waals surface area contributed by atoms with Gasteiger partial charge in [-0.05, 0) is 6.92 Å². The molecule has 0 aromatic carbocycles. The molecule has 0 spiro atoms. The molecule has 0 atom stereocenters. The van der Waals surface area contributed by atoms with E-state index in [1.807, 2.05) is 14.0 Å². The Bertz CT molecular complexity index is 448. The van der Waals surface area contributed by atoms with E-state index in [-0.39, 0.29) is 0 Å². The Kier molecular flexibility index (Phi) is 3.25. The quantitative estimate of drug-likeness (QED) is 0.708. The maximum Gasteiger partial charge on any atom is 0.227 e. The van der Waals surface area contributed by atoms with E-state index in [1.165, 1.54) is 0 Å². The molecule has 16 heavy (non-hydrogen) atoms. The number of aromatic nitrogens is 5. The zero-order valence-electron chi connectivity index (χ0n) is 9.34. The zero-order chi connectivity index (χ0) is 11.4. The van der Waals surface area contributed by atoms with Crippen LogP contribution in [0.25, 0.3) is 0 Å². The minimum Gasteiger partial charge on any atom is -0.339 e. The van der Waals surface area contributed by atoms with Crippen molar-refractivity contribution in [2.75, 3.05) is 6.54 Å². The van der Waals surface area contributed by atoms with E-state index in [9.17, 15) is 0 Å². The average molecular weight is 222 g/mol. The van der Waals surface area contributed by atoms with Crippen molar-refractivity contribution in [3.8, 4) is 0 Å². The third kappa shape index (κ3) is 2.63. The van der Waals surface area contributed by atoms with Crippen molar-refractivity contribution in [2.24, 2.45) is 7.05 Å². The van der Waals surface area contributed by atoms with Crippen LogP contribution >= 0.6 is 0 Å². The molecule has 2 rings (SSSR count). The highest BCUT2D eigenvalue weighted by Crippen LogP contribution is 1.96. The Balaban J connectivity index is 1.71. The fourth-order valence-corrected chi connectivity index (χ4v) is 1.32. The van der Waals surface area contributed by atoms with E-state index in [1.54, 1.807) is 10.9 Å². The molecule has 0 saturated heterocycles. The van der Waals surface area contributed by atoms with Crippen LogP contribution in [0.5, 0.6) is 0 Å². The van der Waals surface area contributed by atoms with E-state index in [0.717, 1.165) is 25.2 Å². The second kappa shape index (κ2) is 4.84. The van der Waals surface area contributed by atoms with Gasteiger partial charge in [-0.25, -0.2) is 0 Å². The van der Waals surface area contributed by atoms with Gasteiger partial charge in [0.15, 0.2) is 5.82 Å². The third-order valence-corrected chi connectivity index (χ3v) is 2.20. The first kappa shape index (κ1) is 10.7. The molecular weight excluding hydrogens is 208 g/mol. The van der Waals surface area contributed by atoms with Gasteiger partial charge in [-0.15, -0.1) is 5.10 Å². The summed E-state index contributed by atoms with van der Waals surface area (Å²) in [6, 6.07) is 0. The van der Waals surface area contributed by atoms with Gasteiger partial charge in [0, 0.05) is 26.6 Å². The summed E-state index contributed by atoms with van der Waals surface area (Å²) < 4.78 is 6.73. The van der Waals surface area contributed by atoms with Crippen LogP contribution in [0.1, 0.15) is 17.4 Å². The minimum absolute atomic E-state index is 0.660. The molecule has 7 heteroatoms. The highest BCUT2D eigenvalue weighted by molar-refractivity contribution is 4.92. The van der Waals surface area contributed by atoms with Gasteiger partial charge < -0.3 is 9.84 Å². The first-order chi connectivity index (χ1) is 7.75. The Labute approximate surface area is 92.8 Å². The molecule has 0 saturated carbocycles. The van der Waals surface area contributed by atoms with Crippen molar-refractivity contribution in [3.63, 3.8) is 0 Å². The zero-order valence-corrected chi connectivity index (χ0v) is 9.34. The molecule has 7 nitrogen and oxygen atoms in total. The van der Waals surface area contributed by atoms with Crippen LogP contribution in [-0.2, 0) is 20.0 Å². The SMILES string of the molecule is Cc1noc(CCNCc2cnnn2C)n1. The summed E-state index contributed by atoms with van der Waals surface area (Å²) in [5.41, 5.74) is 1.04. The topological polar surface area (TPSA) is 81.7 Å². The van der Waals surface area contributed by atoms with Gasteiger partial charge in [-0.3, -0.25) is 4.68 Å². The van der Waals surface area contributed by atoms with Gasteiger partial charge in [-0.2, -0.15) is 4.98 Å². The lowest BCUT2D eigenvalue weighted by Gasteiger charge is -2.01. The summed E-state index contributed by atoms with van der Waals surface area (Å²) in [4.78, 5) is 4.12. The lowest BCUT2D eigenvalue weighted by molar-refractivity contribution is 0.372. The predicted octanol–water partition coefficient (Wildman–Crippen LogP) is -0.161. The van der Waals surface area contributed by atoms with E-state index >= 15 is 0 Å². The highest BCUT2D eigenvalue weighted by Gasteiger charge is 2.02. The number of nitrogens with zero attached hydrogens (tertiary/aromatic N) is 5. The summed E-state index contributed by atoms with van der Waals surface area (Å²) in [7, 11) is 1.87. The fourth-order valence-electron chi connectivity index (χ4n) is 1.32. The highest BCUT2D eigenvalue weighted by atomic mass is 16.5. The van der Waals surface area contributed by atoms with Gasteiger partial charge in [-0.1, -0.05) is 10.4 Å². The van der Waals surface area contributed by atoms with Crippen LogP contribution in [0.2, 0.25) is 0 Å². The molecule has 2 aromatic rings. The second-order valence-electron chi connectivity index (χ2n) is 3.51. The molecule has 0 unspecified atom stereocenters. The normalized spacial score (nSPS) is 10.9. The standard InChI is InChI=1S/C9H14N6O/c1-7-12-9(16-13-7)3-4-10-5-8-6-11-14-15(8)2/h6,10H,3-5H2,1-2H3. The lowest BCUT2D eigenvalue weighted by Crippen LogP contribution is -2.18. The van der Waals surface area contributed by atoms with Gasteiger partial charge in [0.2, 0.25) is 5.89 Å². The molecule has 0 aliphatic rings. The van der Waals surface area contributed by atoms with Gasteiger partial charge in [0.25, 0.3) is 0 Å². The Hall–Kier alpha value is -1.76. The molecule has 0 fully saturated rings. The molecule has 0 radical (unpaired) electrons. The van der Waals surface area contributed by atoms with E-state index in [2.05, 4.69) is 25.8 Å². The van der Waals surface area contributed by atoms with Crippen molar-refractivity contribution >= 4 is 0 Å². The summed E-state index contributed by atoms with van der Waals surface area (Å²) in [5, 5.41) is 14.6. The molecule has 0 aliphatic carbocycles. The first-order valence-corrected chi connectivity index (χ1v) is 5.09. The summed E-state index contributed by atoms with van der Waals surface area (Å²) in [6.45, 7) is 3.32. The number of hydrogen-bond donors (Lipinski definition) is 1. The molecule has 0 aliphatic heterocycles. The third-order valence-electron chi connectivity index (χ3n) is 2.20. The monoisotopic (exact) mass is 222 g/mol. The van der Waals surface area contributed by atoms with Crippen LogP contribution in [-0.4, -0.2) is 31.7 Å². The molecule has 0 amide bonds. The van der Waals surface area contributed by atoms with Crippen LogP contribution in [0, 0.1) is 6.92 Å². The van der Waals surface area contributed by atoms with Crippen molar-refractivity contribution in [3.05, 3.63) is 23.6 Å². The predicted molar refractivity (Wildman–Crippen MR) is 55.4 cm³/mol. The van der Waals surface area contributed by atoms with Crippen LogP contribution in [0.15, 0.2) is 10.7 Å². The largest absolute Gasteiger partial charge is 0.339 e. The van der Waals surface area contributed by atoms with Crippen LogP contribution in [0.4, 0.5) is 0 Å². The summed E-state index contributed by atoms with van der Waals surface area (Å²) in [6.07, 6.45) is 2.47.